The molecule has 0 aliphatic heterocycles. The minimum absolute atomic E-state index is 0.0798. The van der Waals surface area contributed by atoms with Crippen LogP contribution in [-0.4, -0.2) is 19.6 Å². The second-order valence-corrected chi connectivity index (χ2v) is 4.57. The molecule has 0 radical (unpaired) electrons. The molecule has 2 rings (SSSR count). The fourth-order valence-corrected chi connectivity index (χ4v) is 1.94. The highest BCUT2D eigenvalue weighted by molar-refractivity contribution is 6.31. The van der Waals surface area contributed by atoms with Crippen LogP contribution in [-0.2, 0) is 0 Å². The smallest absolute Gasteiger partial charge is 0.280 e. The van der Waals surface area contributed by atoms with Crippen molar-refractivity contribution in [2.24, 2.45) is 0 Å². The van der Waals surface area contributed by atoms with Crippen molar-refractivity contribution in [1.82, 2.24) is 14.5 Å². The Morgan fingerprint density at radius 1 is 1.37 bits per heavy atom. The van der Waals surface area contributed by atoms with Gasteiger partial charge in [0.15, 0.2) is 16.0 Å². The summed E-state index contributed by atoms with van der Waals surface area (Å²) in [6.07, 6.45) is 1.33. The Labute approximate surface area is 117 Å². The third-order valence-electron chi connectivity index (χ3n) is 2.54. The summed E-state index contributed by atoms with van der Waals surface area (Å²) >= 11 is 11.2. The van der Waals surface area contributed by atoms with Crippen LogP contribution < -0.4 is 5.56 Å². The van der Waals surface area contributed by atoms with Gasteiger partial charge in [0.2, 0.25) is 5.88 Å². The predicted molar refractivity (Wildman–Crippen MR) is 68.7 cm³/mol. The number of hydrogen-bond donors (Lipinski definition) is 1. The molecule has 0 unspecified atom stereocenters. The molecule has 0 spiro atoms. The molecule has 2 aromatic heterocycles. The Morgan fingerprint density at radius 3 is 2.63 bits per heavy atom. The SMILES string of the molecule is Cc1cnc(Cl)c(F)c1-n1c(C)nc(O)c(Cl)c1=O. The molecule has 0 saturated heterocycles. The Kier molecular flexibility index (Phi) is 3.47. The van der Waals surface area contributed by atoms with Gasteiger partial charge in [0.1, 0.15) is 5.82 Å². The number of rotatable bonds is 1. The van der Waals surface area contributed by atoms with Crippen LogP contribution in [0, 0.1) is 19.7 Å². The van der Waals surface area contributed by atoms with Crippen molar-refractivity contribution in [3.8, 4) is 11.6 Å². The highest BCUT2D eigenvalue weighted by atomic mass is 35.5. The van der Waals surface area contributed by atoms with Crippen LogP contribution in [0.3, 0.4) is 0 Å². The first kappa shape index (κ1) is 13.8. The van der Waals surface area contributed by atoms with Crippen LogP contribution in [0.1, 0.15) is 11.4 Å². The molecule has 0 aliphatic rings. The summed E-state index contributed by atoms with van der Waals surface area (Å²) in [5, 5.41) is 8.50. The van der Waals surface area contributed by atoms with Gasteiger partial charge in [-0.3, -0.25) is 9.36 Å². The highest BCUT2D eigenvalue weighted by Gasteiger charge is 2.20. The van der Waals surface area contributed by atoms with Gasteiger partial charge in [-0.05, 0) is 19.4 Å². The van der Waals surface area contributed by atoms with E-state index >= 15 is 0 Å². The summed E-state index contributed by atoms with van der Waals surface area (Å²) in [5.41, 5.74) is -0.483. The second-order valence-electron chi connectivity index (χ2n) is 3.83. The monoisotopic (exact) mass is 303 g/mol. The lowest BCUT2D eigenvalue weighted by molar-refractivity contribution is 0.446. The Bertz CT molecular complexity index is 731. The molecule has 0 fully saturated rings. The van der Waals surface area contributed by atoms with Gasteiger partial charge in [-0.1, -0.05) is 23.2 Å². The lowest BCUT2D eigenvalue weighted by Crippen LogP contribution is -2.24. The van der Waals surface area contributed by atoms with Crippen LogP contribution in [0.5, 0.6) is 5.88 Å². The van der Waals surface area contributed by atoms with E-state index in [2.05, 4.69) is 9.97 Å². The van der Waals surface area contributed by atoms with Crippen LogP contribution in [0.4, 0.5) is 4.39 Å². The highest BCUT2D eigenvalue weighted by Crippen LogP contribution is 2.24. The van der Waals surface area contributed by atoms with Gasteiger partial charge in [0.25, 0.3) is 5.56 Å². The predicted octanol–water partition coefficient (Wildman–Crippen LogP) is 2.40. The average molecular weight is 304 g/mol. The fraction of sp³-hybridized carbons (Fsp3) is 0.182. The first-order valence-corrected chi connectivity index (χ1v) is 5.89. The molecule has 0 atom stereocenters. The third kappa shape index (κ3) is 2.17. The molecule has 2 heterocycles. The Balaban J connectivity index is 2.92. The molecule has 5 nitrogen and oxygen atoms in total. The van der Waals surface area contributed by atoms with E-state index < -0.39 is 22.3 Å². The van der Waals surface area contributed by atoms with Crippen LogP contribution in [0.2, 0.25) is 10.2 Å². The number of hydrogen-bond acceptors (Lipinski definition) is 4. The zero-order valence-corrected chi connectivity index (χ0v) is 11.4. The van der Waals surface area contributed by atoms with Gasteiger partial charge in [0, 0.05) is 6.20 Å². The van der Waals surface area contributed by atoms with E-state index in [1.807, 2.05) is 0 Å². The maximum Gasteiger partial charge on any atom is 0.280 e. The first-order chi connectivity index (χ1) is 8.84. The van der Waals surface area contributed by atoms with Gasteiger partial charge in [-0.15, -0.1) is 0 Å². The van der Waals surface area contributed by atoms with Crippen molar-refractivity contribution in [2.45, 2.75) is 13.8 Å². The van der Waals surface area contributed by atoms with E-state index in [0.717, 1.165) is 4.57 Å². The number of pyridine rings is 1. The van der Waals surface area contributed by atoms with Crippen molar-refractivity contribution in [3.63, 3.8) is 0 Å². The zero-order valence-electron chi connectivity index (χ0n) is 9.91. The number of halogens is 3. The number of aryl methyl sites for hydroxylation is 2. The number of aromatic nitrogens is 3. The Hall–Kier alpha value is -1.66. The third-order valence-corrected chi connectivity index (χ3v) is 3.13. The van der Waals surface area contributed by atoms with Gasteiger partial charge >= 0.3 is 0 Å². The molecule has 0 amide bonds. The maximum absolute atomic E-state index is 14.1. The van der Waals surface area contributed by atoms with Crippen molar-refractivity contribution >= 4 is 23.2 Å². The molecule has 0 bridgehead atoms. The summed E-state index contributed by atoms with van der Waals surface area (Å²) in [6, 6.07) is 0. The zero-order chi connectivity index (χ0) is 14.3. The van der Waals surface area contributed by atoms with E-state index in [-0.39, 0.29) is 16.7 Å². The molecule has 0 aromatic carbocycles. The molecule has 8 heteroatoms. The molecular formula is C11H8Cl2FN3O2. The summed E-state index contributed by atoms with van der Waals surface area (Å²) in [7, 11) is 0. The summed E-state index contributed by atoms with van der Waals surface area (Å²) in [5.74, 6) is -1.37. The lowest BCUT2D eigenvalue weighted by atomic mass is 10.2. The van der Waals surface area contributed by atoms with E-state index in [4.69, 9.17) is 23.2 Å². The molecule has 1 N–H and O–H groups in total. The normalized spacial score (nSPS) is 10.8. The topological polar surface area (TPSA) is 68.0 Å². The van der Waals surface area contributed by atoms with Crippen molar-refractivity contribution < 1.29 is 9.50 Å². The molecule has 19 heavy (non-hydrogen) atoms. The quantitative estimate of drug-likeness (QED) is 0.821. The summed E-state index contributed by atoms with van der Waals surface area (Å²) < 4.78 is 15.0. The van der Waals surface area contributed by atoms with Crippen molar-refractivity contribution in [3.05, 3.63) is 43.9 Å². The minimum atomic E-state index is -0.851. The largest absolute Gasteiger partial charge is 0.492 e. The van der Waals surface area contributed by atoms with E-state index in [0.29, 0.717) is 5.56 Å². The van der Waals surface area contributed by atoms with Crippen LogP contribution in [0.15, 0.2) is 11.0 Å². The van der Waals surface area contributed by atoms with Crippen LogP contribution >= 0.6 is 23.2 Å². The van der Waals surface area contributed by atoms with Gasteiger partial charge in [-0.2, -0.15) is 4.98 Å². The lowest BCUT2D eigenvalue weighted by Gasteiger charge is -2.13. The summed E-state index contributed by atoms with van der Waals surface area (Å²) in [4.78, 5) is 19.3. The maximum atomic E-state index is 14.1. The van der Waals surface area contributed by atoms with Gasteiger partial charge in [0.05, 0.1) is 5.69 Å². The fourth-order valence-electron chi connectivity index (χ4n) is 1.67. The van der Waals surface area contributed by atoms with Crippen molar-refractivity contribution in [2.75, 3.05) is 0 Å². The number of nitrogens with zero attached hydrogens (tertiary/aromatic N) is 3. The molecule has 2 aromatic rings. The average Bonchev–Trinajstić information content (AvgIpc) is 2.35. The van der Waals surface area contributed by atoms with Crippen LogP contribution in [0.25, 0.3) is 5.69 Å². The molecule has 0 aliphatic carbocycles. The molecular weight excluding hydrogens is 296 g/mol. The van der Waals surface area contributed by atoms with E-state index in [1.165, 1.54) is 13.1 Å². The minimum Gasteiger partial charge on any atom is -0.492 e. The first-order valence-electron chi connectivity index (χ1n) is 5.13. The summed E-state index contributed by atoms with van der Waals surface area (Å²) in [6.45, 7) is 3.00. The van der Waals surface area contributed by atoms with Gasteiger partial charge < -0.3 is 5.11 Å². The molecule has 100 valence electrons. The molecule has 0 saturated carbocycles. The standard InChI is InChI=1S/C11H8Cl2FN3O2/c1-4-3-15-9(13)7(14)8(4)17-5(2)16-10(18)6(12)11(17)19/h3,18H,1-2H3. The van der Waals surface area contributed by atoms with Gasteiger partial charge in [-0.25, -0.2) is 9.37 Å². The Morgan fingerprint density at radius 2 is 2.00 bits per heavy atom. The van der Waals surface area contributed by atoms with E-state index in [1.54, 1.807) is 6.92 Å². The number of aromatic hydroxyl groups is 1. The second kappa shape index (κ2) is 4.79. The van der Waals surface area contributed by atoms with Crippen molar-refractivity contribution in [1.29, 1.82) is 0 Å². The van der Waals surface area contributed by atoms with E-state index in [9.17, 15) is 14.3 Å².